The predicted octanol–water partition coefficient (Wildman–Crippen LogP) is 5.09. The molecule has 3 aromatic rings. The molecule has 126 valence electrons. The molecule has 0 spiro atoms. The first kappa shape index (κ1) is 16.3. The average Bonchev–Trinajstić information content (AvgIpc) is 2.94. The van der Waals surface area contributed by atoms with Crippen molar-refractivity contribution in [3.63, 3.8) is 0 Å². The highest BCUT2D eigenvalue weighted by Crippen LogP contribution is 2.42. The van der Waals surface area contributed by atoms with Crippen LogP contribution in [0, 0.1) is 0 Å². The van der Waals surface area contributed by atoms with Crippen LogP contribution < -0.4 is 4.74 Å². The Morgan fingerprint density at radius 3 is 2.56 bits per heavy atom. The van der Waals surface area contributed by atoms with Crippen LogP contribution in [0.25, 0.3) is 16.9 Å². The zero-order valence-corrected chi connectivity index (χ0v) is 14.7. The van der Waals surface area contributed by atoms with Crippen LogP contribution in [-0.2, 0) is 6.61 Å². The van der Waals surface area contributed by atoms with Gasteiger partial charge in [0.15, 0.2) is 5.69 Å². The summed E-state index contributed by atoms with van der Waals surface area (Å²) >= 11 is 18.3. The van der Waals surface area contributed by atoms with Crippen molar-refractivity contribution in [2.75, 3.05) is 0 Å². The van der Waals surface area contributed by atoms with Gasteiger partial charge in [0.05, 0.1) is 22.0 Å². The van der Waals surface area contributed by atoms with Gasteiger partial charge in [-0.25, -0.2) is 9.48 Å². The van der Waals surface area contributed by atoms with Gasteiger partial charge in [-0.15, -0.1) is 0 Å². The number of ether oxygens (including phenoxy) is 1. The Bertz CT molecular complexity index is 1030. The highest BCUT2D eigenvalue weighted by molar-refractivity contribution is 6.35. The van der Waals surface area contributed by atoms with Gasteiger partial charge in [-0.05, 0) is 36.4 Å². The topological polar surface area (TPSA) is 64.3 Å². The third kappa shape index (κ3) is 2.65. The van der Waals surface area contributed by atoms with Crippen LogP contribution in [0.2, 0.25) is 15.1 Å². The van der Waals surface area contributed by atoms with E-state index in [9.17, 15) is 9.90 Å². The molecular formula is C17H9Cl3N2O3. The molecule has 0 saturated carbocycles. The van der Waals surface area contributed by atoms with Crippen LogP contribution >= 0.6 is 34.8 Å². The van der Waals surface area contributed by atoms with E-state index in [-0.39, 0.29) is 12.3 Å². The van der Waals surface area contributed by atoms with Crippen molar-refractivity contribution in [2.45, 2.75) is 6.61 Å². The lowest BCUT2D eigenvalue weighted by Gasteiger charge is -2.20. The number of carboxylic acids is 1. The van der Waals surface area contributed by atoms with Crippen molar-refractivity contribution >= 4 is 40.8 Å². The van der Waals surface area contributed by atoms with E-state index in [1.54, 1.807) is 36.4 Å². The number of carboxylic acid groups (broad SMARTS) is 1. The molecular weight excluding hydrogens is 387 g/mol. The average molecular weight is 396 g/mol. The molecule has 0 amide bonds. The molecule has 25 heavy (non-hydrogen) atoms. The molecule has 4 rings (SSSR count). The minimum atomic E-state index is -1.14. The third-order valence-electron chi connectivity index (χ3n) is 3.89. The minimum Gasteiger partial charge on any atom is -0.488 e. The van der Waals surface area contributed by atoms with Gasteiger partial charge >= 0.3 is 5.97 Å². The second kappa shape index (κ2) is 5.95. The monoisotopic (exact) mass is 394 g/mol. The fourth-order valence-corrected chi connectivity index (χ4v) is 3.47. The quantitative estimate of drug-likeness (QED) is 0.656. The lowest BCUT2D eigenvalue weighted by Crippen LogP contribution is -2.09. The molecule has 0 fully saturated rings. The fourth-order valence-electron chi connectivity index (χ4n) is 2.82. The smallest absolute Gasteiger partial charge is 0.356 e. The fraction of sp³-hybridized carbons (Fsp3) is 0.0588. The zero-order valence-electron chi connectivity index (χ0n) is 12.5. The Morgan fingerprint density at radius 2 is 1.84 bits per heavy atom. The third-order valence-corrected chi connectivity index (χ3v) is 4.67. The van der Waals surface area contributed by atoms with Gasteiger partial charge in [0.1, 0.15) is 12.4 Å². The molecule has 5 nitrogen and oxygen atoms in total. The standard InChI is InChI=1S/C17H9Cl3N2O3/c18-8-2-4-13(12(20)5-8)22-16-10-3-1-9(19)6-14(10)25-7-11(16)15(21-22)17(23)24/h1-6H,7H2,(H,23,24). The number of hydrogen-bond acceptors (Lipinski definition) is 3. The second-order valence-corrected chi connectivity index (χ2v) is 6.70. The second-order valence-electron chi connectivity index (χ2n) is 5.42. The number of aromatic carboxylic acids is 1. The molecule has 2 heterocycles. The number of rotatable bonds is 2. The van der Waals surface area contributed by atoms with E-state index < -0.39 is 5.97 Å². The summed E-state index contributed by atoms with van der Waals surface area (Å²) in [5.41, 5.74) is 2.23. The van der Waals surface area contributed by atoms with Gasteiger partial charge in [-0.3, -0.25) is 0 Å². The maximum Gasteiger partial charge on any atom is 0.356 e. The molecule has 1 aromatic heterocycles. The van der Waals surface area contributed by atoms with Gasteiger partial charge in [-0.2, -0.15) is 5.10 Å². The molecule has 0 unspecified atom stereocenters. The van der Waals surface area contributed by atoms with Crippen molar-refractivity contribution in [1.29, 1.82) is 0 Å². The zero-order chi connectivity index (χ0) is 17.7. The van der Waals surface area contributed by atoms with Crippen LogP contribution in [0.3, 0.4) is 0 Å². The summed E-state index contributed by atoms with van der Waals surface area (Å²) in [5, 5.41) is 15.1. The van der Waals surface area contributed by atoms with Gasteiger partial charge < -0.3 is 9.84 Å². The van der Waals surface area contributed by atoms with E-state index in [0.29, 0.717) is 43.3 Å². The van der Waals surface area contributed by atoms with E-state index in [1.165, 1.54) is 4.68 Å². The maximum absolute atomic E-state index is 11.6. The van der Waals surface area contributed by atoms with E-state index in [2.05, 4.69) is 5.10 Å². The Morgan fingerprint density at radius 1 is 1.12 bits per heavy atom. The molecule has 8 heteroatoms. The Hall–Kier alpha value is -2.21. The van der Waals surface area contributed by atoms with Gasteiger partial charge in [0.2, 0.25) is 0 Å². The van der Waals surface area contributed by atoms with Gasteiger partial charge in [-0.1, -0.05) is 34.8 Å². The molecule has 0 atom stereocenters. The summed E-state index contributed by atoms with van der Waals surface area (Å²) < 4.78 is 7.17. The normalized spacial score (nSPS) is 12.3. The lowest BCUT2D eigenvalue weighted by molar-refractivity contribution is 0.0687. The summed E-state index contributed by atoms with van der Waals surface area (Å²) in [5.74, 6) is -0.579. The summed E-state index contributed by atoms with van der Waals surface area (Å²) in [6.45, 7) is 0.0789. The Kier molecular flexibility index (Phi) is 3.87. The molecule has 0 saturated heterocycles. The highest BCUT2D eigenvalue weighted by atomic mass is 35.5. The van der Waals surface area contributed by atoms with E-state index in [4.69, 9.17) is 39.5 Å². The summed E-state index contributed by atoms with van der Waals surface area (Å²) in [6.07, 6.45) is 0. The highest BCUT2D eigenvalue weighted by Gasteiger charge is 2.30. The predicted molar refractivity (Wildman–Crippen MR) is 95.3 cm³/mol. The number of nitrogens with zero attached hydrogens (tertiary/aromatic N) is 2. The van der Waals surface area contributed by atoms with Crippen molar-refractivity contribution in [3.8, 4) is 22.7 Å². The molecule has 0 radical (unpaired) electrons. The molecule has 2 aromatic carbocycles. The molecule has 0 bridgehead atoms. The van der Waals surface area contributed by atoms with Crippen molar-refractivity contribution < 1.29 is 14.6 Å². The Balaban J connectivity index is 2.04. The van der Waals surface area contributed by atoms with Crippen LogP contribution in [0.4, 0.5) is 0 Å². The van der Waals surface area contributed by atoms with Crippen molar-refractivity contribution in [1.82, 2.24) is 9.78 Å². The number of carbonyl (C=O) groups is 1. The SMILES string of the molecule is O=C(O)c1nn(-c2ccc(Cl)cc2Cl)c2c1COc1cc(Cl)ccc1-2. The van der Waals surface area contributed by atoms with Crippen LogP contribution in [0.5, 0.6) is 5.75 Å². The molecule has 0 aliphatic carbocycles. The summed E-state index contributed by atoms with van der Waals surface area (Å²) in [4.78, 5) is 11.6. The number of aromatic nitrogens is 2. The Labute approximate surface area is 157 Å². The van der Waals surface area contributed by atoms with E-state index >= 15 is 0 Å². The first-order valence-corrected chi connectivity index (χ1v) is 8.32. The van der Waals surface area contributed by atoms with Crippen LogP contribution in [-0.4, -0.2) is 20.9 Å². The van der Waals surface area contributed by atoms with Crippen molar-refractivity contribution in [2.24, 2.45) is 0 Å². The molecule has 1 N–H and O–H groups in total. The van der Waals surface area contributed by atoms with Crippen molar-refractivity contribution in [3.05, 3.63) is 62.7 Å². The van der Waals surface area contributed by atoms with Gasteiger partial charge in [0, 0.05) is 15.6 Å². The van der Waals surface area contributed by atoms with E-state index in [1.807, 2.05) is 0 Å². The molecule has 1 aliphatic heterocycles. The van der Waals surface area contributed by atoms with Gasteiger partial charge in [0.25, 0.3) is 0 Å². The number of benzene rings is 2. The first-order valence-electron chi connectivity index (χ1n) is 7.19. The summed E-state index contributed by atoms with van der Waals surface area (Å²) in [6, 6.07) is 10.1. The minimum absolute atomic E-state index is 0.0789. The van der Waals surface area contributed by atoms with Crippen LogP contribution in [0.15, 0.2) is 36.4 Å². The maximum atomic E-state index is 11.6. The lowest BCUT2D eigenvalue weighted by atomic mass is 10.0. The largest absolute Gasteiger partial charge is 0.488 e. The molecule has 1 aliphatic rings. The number of halogens is 3. The first-order chi connectivity index (χ1) is 12.0. The number of fused-ring (bicyclic) bond motifs is 3. The number of hydrogen-bond donors (Lipinski definition) is 1. The van der Waals surface area contributed by atoms with Crippen LogP contribution in [0.1, 0.15) is 16.1 Å². The summed E-state index contributed by atoms with van der Waals surface area (Å²) in [7, 11) is 0. The van der Waals surface area contributed by atoms with E-state index in [0.717, 1.165) is 0 Å².